The number of carbonyl (C=O) groups excluding carboxylic acids is 2. The number of aromatic carboxylic acids is 1. The van der Waals surface area contributed by atoms with Crippen LogP contribution in [0.3, 0.4) is 0 Å². The highest BCUT2D eigenvalue weighted by Gasteiger charge is 2.30. The van der Waals surface area contributed by atoms with Crippen molar-refractivity contribution < 1.29 is 24.2 Å². The first kappa shape index (κ1) is 18.5. The van der Waals surface area contributed by atoms with Crippen LogP contribution in [-0.2, 0) is 16.1 Å². The monoisotopic (exact) mass is 346 g/mol. The van der Waals surface area contributed by atoms with E-state index in [4.69, 9.17) is 9.84 Å². The molecule has 1 aromatic carbocycles. The lowest BCUT2D eigenvalue weighted by Gasteiger charge is -2.29. The molecule has 1 aliphatic rings. The highest BCUT2D eigenvalue weighted by molar-refractivity contribution is 5.87. The van der Waals surface area contributed by atoms with E-state index in [2.05, 4.69) is 5.32 Å². The molecule has 0 spiro atoms. The number of amides is 2. The number of carboxylic acids is 1. The van der Waals surface area contributed by atoms with Crippen LogP contribution in [0.25, 0.3) is 0 Å². The first-order chi connectivity index (χ1) is 11.9. The lowest BCUT2D eigenvalue weighted by atomic mass is 9.88. The van der Waals surface area contributed by atoms with Gasteiger partial charge in [0, 0.05) is 14.1 Å². The van der Waals surface area contributed by atoms with Crippen LogP contribution >= 0.6 is 0 Å². The molecule has 0 saturated carbocycles. The molecular weight excluding hydrogens is 324 g/mol. The van der Waals surface area contributed by atoms with Crippen LogP contribution in [0, 0.1) is 5.92 Å². The van der Waals surface area contributed by atoms with Crippen molar-refractivity contribution in [2.75, 3.05) is 14.1 Å². The molecule has 2 rings (SSSR count). The molecule has 2 amide bonds. The molecule has 7 nitrogen and oxygen atoms in total. The molecule has 0 bridgehead atoms. The first-order valence-electron chi connectivity index (χ1n) is 8.02. The topological polar surface area (TPSA) is 95.9 Å². The molecule has 0 heterocycles. The number of alkyl carbamates (subject to hydrolysis) is 1. The average molecular weight is 346 g/mol. The van der Waals surface area contributed by atoms with Gasteiger partial charge >= 0.3 is 12.1 Å². The number of carbonyl (C=O) groups is 3. The number of carboxylic acid groups (broad SMARTS) is 1. The Hall–Kier alpha value is -2.83. The van der Waals surface area contributed by atoms with Crippen LogP contribution in [-0.4, -0.2) is 48.1 Å². The minimum atomic E-state index is -1.01. The normalized spacial score (nSPS) is 19.1. The number of allylic oxidation sites excluding steroid dienone is 1. The maximum atomic E-state index is 12.2. The molecule has 0 aliphatic heterocycles. The minimum absolute atomic E-state index is 0.0223. The minimum Gasteiger partial charge on any atom is -0.478 e. The summed E-state index contributed by atoms with van der Waals surface area (Å²) in [7, 11) is 3.38. The van der Waals surface area contributed by atoms with Crippen molar-refractivity contribution >= 4 is 18.0 Å². The summed E-state index contributed by atoms with van der Waals surface area (Å²) >= 11 is 0. The van der Waals surface area contributed by atoms with Gasteiger partial charge in [0.1, 0.15) is 6.61 Å². The Morgan fingerprint density at radius 1 is 1.24 bits per heavy atom. The molecule has 2 atom stereocenters. The Balaban J connectivity index is 1.90. The smallest absolute Gasteiger partial charge is 0.407 e. The molecule has 0 radical (unpaired) electrons. The third kappa shape index (κ3) is 5.07. The Morgan fingerprint density at radius 2 is 1.92 bits per heavy atom. The van der Waals surface area contributed by atoms with Crippen LogP contribution in [0.2, 0.25) is 0 Å². The average Bonchev–Trinajstić information content (AvgIpc) is 2.60. The van der Waals surface area contributed by atoms with Gasteiger partial charge in [0.15, 0.2) is 0 Å². The Morgan fingerprint density at radius 3 is 2.52 bits per heavy atom. The number of rotatable bonds is 5. The predicted molar refractivity (Wildman–Crippen MR) is 91.1 cm³/mol. The fraction of sp³-hybridized carbons (Fsp3) is 0.389. The van der Waals surface area contributed by atoms with Crippen LogP contribution in [0.1, 0.15) is 28.8 Å². The van der Waals surface area contributed by atoms with Crippen molar-refractivity contribution in [1.29, 1.82) is 0 Å². The largest absolute Gasteiger partial charge is 0.478 e. The van der Waals surface area contributed by atoms with Crippen molar-refractivity contribution in [2.45, 2.75) is 25.5 Å². The Labute approximate surface area is 146 Å². The maximum Gasteiger partial charge on any atom is 0.407 e. The van der Waals surface area contributed by atoms with E-state index < -0.39 is 18.1 Å². The van der Waals surface area contributed by atoms with E-state index in [0.29, 0.717) is 12.0 Å². The van der Waals surface area contributed by atoms with Crippen LogP contribution < -0.4 is 5.32 Å². The molecule has 0 unspecified atom stereocenters. The van der Waals surface area contributed by atoms with Gasteiger partial charge in [-0.2, -0.15) is 0 Å². The highest BCUT2D eigenvalue weighted by atomic mass is 16.5. The van der Waals surface area contributed by atoms with Crippen LogP contribution in [0.4, 0.5) is 4.79 Å². The number of nitrogens with zero attached hydrogens (tertiary/aromatic N) is 1. The van der Waals surface area contributed by atoms with Gasteiger partial charge in [-0.1, -0.05) is 24.3 Å². The van der Waals surface area contributed by atoms with Crippen molar-refractivity contribution in [1.82, 2.24) is 10.2 Å². The summed E-state index contributed by atoms with van der Waals surface area (Å²) in [5.41, 5.74) is 0.853. The zero-order chi connectivity index (χ0) is 18.4. The summed E-state index contributed by atoms with van der Waals surface area (Å²) in [6.45, 7) is 0.0223. The fourth-order valence-corrected chi connectivity index (χ4v) is 2.66. The SMILES string of the molecule is CN(C)C(=O)[C@@H]1CCC=C[C@@H]1NC(=O)OCc1ccc(C(=O)O)cc1. The molecular formula is C18H22N2O5. The quantitative estimate of drug-likeness (QED) is 0.796. The maximum absolute atomic E-state index is 12.2. The van der Waals surface area contributed by atoms with E-state index in [0.717, 1.165) is 6.42 Å². The van der Waals surface area contributed by atoms with E-state index in [9.17, 15) is 14.4 Å². The number of hydrogen-bond donors (Lipinski definition) is 2. The van der Waals surface area contributed by atoms with Gasteiger partial charge in [-0.3, -0.25) is 4.79 Å². The summed E-state index contributed by atoms with van der Waals surface area (Å²) in [5.74, 6) is -1.34. The number of benzene rings is 1. The summed E-state index contributed by atoms with van der Waals surface area (Å²) in [6, 6.07) is 5.69. The zero-order valence-electron chi connectivity index (χ0n) is 14.3. The molecule has 0 aromatic heterocycles. The number of hydrogen-bond acceptors (Lipinski definition) is 4. The van der Waals surface area contributed by atoms with E-state index in [-0.39, 0.29) is 24.0 Å². The lowest BCUT2D eigenvalue weighted by Crippen LogP contribution is -2.46. The van der Waals surface area contributed by atoms with Crippen molar-refractivity contribution in [3.63, 3.8) is 0 Å². The Kier molecular flexibility index (Phi) is 6.16. The predicted octanol–water partition coefficient (Wildman–Crippen LogP) is 2.03. The third-order valence-electron chi connectivity index (χ3n) is 4.03. The molecule has 25 heavy (non-hydrogen) atoms. The summed E-state index contributed by atoms with van der Waals surface area (Å²) < 4.78 is 5.16. The molecule has 0 fully saturated rings. The molecule has 134 valence electrons. The van der Waals surface area contributed by atoms with E-state index in [1.165, 1.54) is 17.0 Å². The van der Waals surface area contributed by atoms with Gasteiger partial charge in [-0.15, -0.1) is 0 Å². The second-order valence-electron chi connectivity index (χ2n) is 6.09. The van der Waals surface area contributed by atoms with Crippen LogP contribution in [0.5, 0.6) is 0 Å². The van der Waals surface area contributed by atoms with Gasteiger partial charge in [-0.25, -0.2) is 9.59 Å². The molecule has 0 saturated heterocycles. The van der Waals surface area contributed by atoms with Crippen molar-refractivity contribution in [2.24, 2.45) is 5.92 Å². The third-order valence-corrected chi connectivity index (χ3v) is 4.03. The summed E-state index contributed by atoms with van der Waals surface area (Å²) in [4.78, 5) is 36.5. The highest BCUT2D eigenvalue weighted by Crippen LogP contribution is 2.21. The van der Waals surface area contributed by atoms with E-state index in [1.807, 2.05) is 12.2 Å². The summed E-state index contributed by atoms with van der Waals surface area (Å²) in [5, 5.41) is 11.6. The van der Waals surface area contributed by atoms with Gasteiger partial charge in [0.05, 0.1) is 17.5 Å². The molecule has 2 N–H and O–H groups in total. The second-order valence-corrected chi connectivity index (χ2v) is 6.09. The standard InChI is InChI=1S/C18H22N2O5/c1-20(2)16(21)14-5-3-4-6-15(14)19-18(24)25-11-12-7-9-13(10-8-12)17(22)23/h4,6-10,14-15H,3,5,11H2,1-2H3,(H,19,24)(H,22,23)/t14-,15+/m1/s1. The molecule has 1 aromatic rings. The Bertz CT molecular complexity index is 667. The number of ether oxygens (including phenoxy) is 1. The lowest BCUT2D eigenvalue weighted by molar-refractivity contribution is -0.133. The van der Waals surface area contributed by atoms with Crippen LogP contribution in [0.15, 0.2) is 36.4 Å². The molecule has 7 heteroatoms. The van der Waals surface area contributed by atoms with Crippen molar-refractivity contribution in [3.05, 3.63) is 47.5 Å². The zero-order valence-corrected chi connectivity index (χ0v) is 14.3. The second kappa shape index (κ2) is 8.32. The van der Waals surface area contributed by atoms with E-state index in [1.54, 1.807) is 26.2 Å². The fourth-order valence-electron chi connectivity index (χ4n) is 2.66. The van der Waals surface area contributed by atoms with Gasteiger partial charge in [0.25, 0.3) is 0 Å². The van der Waals surface area contributed by atoms with Gasteiger partial charge < -0.3 is 20.1 Å². The van der Waals surface area contributed by atoms with Gasteiger partial charge in [-0.05, 0) is 30.5 Å². The summed E-state index contributed by atoms with van der Waals surface area (Å²) in [6.07, 6.45) is 4.62. The number of nitrogens with one attached hydrogen (secondary N) is 1. The van der Waals surface area contributed by atoms with Crippen molar-refractivity contribution in [3.8, 4) is 0 Å². The first-order valence-corrected chi connectivity index (χ1v) is 8.02. The molecule has 1 aliphatic carbocycles. The van der Waals surface area contributed by atoms with E-state index >= 15 is 0 Å². The van der Waals surface area contributed by atoms with Gasteiger partial charge in [0.2, 0.25) is 5.91 Å².